The highest BCUT2D eigenvalue weighted by atomic mass is 16.6. The van der Waals surface area contributed by atoms with Crippen molar-refractivity contribution in [3.63, 3.8) is 0 Å². The third-order valence-corrected chi connectivity index (χ3v) is 3.05. The number of benzene rings is 1. The number of hydrogen-bond acceptors (Lipinski definition) is 6. The van der Waals surface area contributed by atoms with Crippen LogP contribution in [0.3, 0.4) is 0 Å². The van der Waals surface area contributed by atoms with Crippen molar-refractivity contribution in [3.05, 3.63) is 58.2 Å². The predicted molar refractivity (Wildman–Crippen MR) is 72.5 cm³/mol. The molecule has 0 fully saturated rings. The van der Waals surface area contributed by atoms with E-state index in [-0.39, 0.29) is 12.2 Å². The normalized spacial score (nSPS) is 10.7. The van der Waals surface area contributed by atoms with Gasteiger partial charge in [-0.1, -0.05) is 18.2 Å². The summed E-state index contributed by atoms with van der Waals surface area (Å²) in [6.07, 6.45) is 1.21. The summed E-state index contributed by atoms with van der Waals surface area (Å²) in [6, 6.07) is 9.37. The van der Waals surface area contributed by atoms with Gasteiger partial charge in [-0.3, -0.25) is 14.8 Å². The van der Waals surface area contributed by atoms with Gasteiger partial charge in [-0.15, -0.1) is 10.2 Å². The minimum atomic E-state index is -0.470. The fraction of sp³-hybridized carbons (Fsp3) is 0.154. The standard InChI is InChI=1S/C13H11N5O3/c1-9-11(18(19)20)7-14-17(9)8-12-15-16-13(21-12)10-5-3-2-4-6-10/h2-7H,8H2,1H3. The van der Waals surface area contributed by atoms with Gasteiger partial charge in [-0.25, -0.2) is 0 Å². The first kappa shape index (κ1) is 13.0. The SMILES string of the molecule is Cc1c([N+](=O)[O-])cnn1Cc1nnc(-c2ccccc2)o1. The van der Waals surface area contributed by atoms with E-state index < -0.39 is 4.92 Å². The topological polar surface area (TPSA) is 99.9 Å². The molecule has 0 unspecified atom stereocenters. The monoisotopic (exact) mass is 285 g/mol. The van der Waals surface area contributed by atoms with E-state index in [4.69, 9.17) is 4.42 Å². The van der Waals surface area contributed by atoms with Crippen molar-refractivity contribution in [1.82, 2.24) is 20.0 Å². The van der Waals surface area contributed by atoms with Crippen molar-refractivity contribution >= 4 is 5.69 Å². The molecule has 3 rings (SSSR count). The van der Waals surface area contributed by atoms with Gasteiger partial charge in [-0.2, -0.15) is 5.10 Å². The highest BCUT2D eigenvalue weighted by Gasteiger charge is 2.18. The molecule has 8 nitrogen and oxygen atoms in total. The molecule has 0 saturated carbocycles. The lowest BCUT2D eigenvalue weighted by molar-refractivity contribution is -0.385. The van der Waals surface area contributed by atoms with E-state index in [1.165, 1.54) is 10.9 Å². The first-order chi connectivity index (χ1) is 10.1. The zero-order chi connectivity index (χ0) is 14.8. The Hall–Kier alpha value is -3.03. The number of rotatable bonds is 4. The third kappa shape index (κ3) is 2.50. The van der Waals surface area contributed by atoms with Crippen LogP contribution in [-0.4, -0.2) is 24.9 Å². The van der Waals surface area contributed by atoms with Crippen LogP contribution in [0.5, 0.6) is 0 Å². The maximum absolute atomic E-state index is 10.8. The van der Waals surface area contributed by atoms with Crippen molar-refractivity contribution in [3.8, 4) is 11.5 Å². The average molecular weight is 285 g/mol. The van der Waals surface area contributed by atoms with Gasteiger partial charge in [-0.05, 0) is 19.1 Å². The molecule has 0 aliphatic rings. The third-order valence-electron chi connectivity index (χ3n) is 3.05. The number of nitrogens with zero attached hydrogens (tertiary/aromatic N) is 5. The van der Waals surface area contributed by atoms with E-state index in [0.717, 1.165) is 5.56 Å². The molecule has 1 aromatic carbocycles. The predicted octanol–water partition coefficient (Wildman–Crippen LogP) is 2.20. The second-order valence-electron chi connectivity index (χ2n) is 4.40. The van der Waals surface area contributed by atoms with Crippen LogP contribution < -0.4 is 0 Å². The van der Waals surface area contributed by atoms with E-state index in [1.807, 2.05) is 30.3 Å². The van der Waals surface area contributed by atoms with Crippen LogP contribution in [0.2, 0.25) is 0 Å². The van der Waals surface area contributed by atoms with Crippen LogP contribution in [0.4, 0.5) is 5.69 Å². The van der Waals surface area contributed by atoms with Crippen molar-refractivity contribution in [2.24, 2.45) is 0 Å². The molecule has 0 bridgehead atoms. The van der Waals surface area contributed by atoms with Gasteiger partial charge in [0.15, 0.2) is 0 Å². The molecular formula is C13H11N5O3. The maximum atomic E-state index is 10.8. The Labute approximate surface area is 119 Å². The van der Waals surface area contributed by atoms with Gasteiger partial charge in [0.2, 0.25) is 11.8 Å². The minimum absolute atomic E-state index is 0.0298. The largest absolute Gasteiger partial charge is 0.419 e. The first-order valence-corrected chi connectivity index (χ1v) is 6.20. The molecule has 0 radical (unpaired) electrons. The molecule has 0 amide bonds. The van der Waals surface area contributed by atoms with Gasteiger partial charge in [0.05, 0.1) is 4.92 Å². The first-order valence-electron chi connectivity index (χ1n) is 6.20. The highest BCUT2D eigenvalue weighted by molar-refractivity contribution is 5.51. The van der Waals surface area contributed by atoms with Crippen molar-refractivity contribution in [1.29, 1.82) is 0 Å². The number of aromatic nitrogens is 4. The van der Waals surface area contributed by atoms with Crippen LogP contribution in [-0.2, 0) is 6.54 Å². The van der Waals surface area contributed by atoms with Gasteiger partial charge in [0, 0.05) is 5.56 Å². The van der Waals surface area contributed by atoms with Gasteiger partial charge >= 0.3 is 5.69 Å². The summed E-state index contributed by atoms with van der Waals surface area (Å²) in [6.45, 7) is 1.82. The van der Waals surface area contributed by atoms with Crippen LogP contribution in [0.15, 0.2) is 40.9 Å². The van der Waals surface area contributed by atoms with Crippen molar-refractivity contribution in [2.75, 3.05) is 0 Å². The Morgan fingerprint density at radius 3 is 2.71 bits per heavy atom. The van der Waals surface area contributed by atoms with Gasteiger partial charge in [0.1, 0.15) is 18.4 Å². The molecule has 0 aliphatic heterocycles. The molecule has 21 heavy (non-hydrogen) atoms. The van der Waals surface area contributed by atoms with Gasteiger partial charge < -0.3 is 4.42 Å². The Balaban J connectivity index is 1.84. The van der Waals surface area contributed by atoms with E-state index >= 15 is 0 Å². The van der Waals surface area contributed by atoms with E-state index in [2.05, 4.69) is 15.3 Å². The van der Waals surface area contributed by atoms with E-state index in [0.29, 0.717) is 17.5 Å². The molecule has 2 aromatic heterocycles. The molecule has 0 spiro atoms. The fourth-order valence-corrected chi connectivity index (χ4v) is 1.92. The summed E-state index contributed by atoms with van der Waals surface area (Å²) in [5, 5.41) is 22.6. The quantitative estimate of drug-likeness (QED) is 0.538. The molecule has 8 heteroatoms. The minimum Gasteiger partial charge on any atom is -0.419 e. The second-order valence-corrected chi connectivity index (χ2v) is 4.40. The molecule has 2 heterocycles. The smallest absolute Gasteiger partial charge is 0.309 e. The van der Waals surface area contributed by atoms with Crippen LogP contribution in [0.1, 0.15) is 11.6 Å². The van der Waals surface area contributed by atoms with Crippen LogP contribution >= 0.6 is 0 Å². The molecule has 3 aromatic rings. The summed E-state index contributed by atoms with van der Waals surface area (Å²) in [5.74, 6) is 0.750. The van der Waals surface area contributed by atoms with Crippen molar-refractivity contribution in [2.45, 2.75) is 13.5 Å². The van der Waals surface area contributed by atoms with Crippen LogP contribution in [0, 0.1) is 17.0 Å². The summed E-state index contributed by atoms with van der Waals surface area (Å²) >= 11 is 0. The lowest BCUT2D eigenvalue weighted by atomic mass is 10.2. The molecule has 0 atom stereocenters. The molecule has 0 aliphatic carbocycles. The molecular weight excluding hydrogens is 274 g/mol. The summed E-state index contributed by atoms with van der Waals surface area (Å²) < 4.78 is 7.00. The zero-order valence-electron chi connectivity index (χ0n) is 11.1. The van der Waals surface area contributed by atoms with E-state index in [1.54, 1.807) is 6.92 Å². The molecule has 0 N–H and O–H groups in total. The summed E-state index contributed by atoms with van der Waals surface area (Å²) in [7, 11) is 0. The van der Waals surface area contributed by atoms with Gasteiger partial charge in [0.25, 0.3) is 0 Å². The van der Waals surface area contributed by atoms with Crippen molar-refractivity contribution < 1.29 is 9.34 Å². The Bertz CT molecular complexity index is 778. The zero-order valence-corrected chi connectivity index (χ0v) is 11.1. The maximum Gasteiger partial charge on any atom is 0.309 e. The summed E-state index contributed by atoms with van der Waals surface area (Å²) in [5.41, 5.74) is 1.23. The highest BCUT2D eigenvalue weighted by Crippen LogP contribution is 2.19. The fourth-order valence-electron chi connectivity index (χ4n) is 1.92. The average Bonchev–Trinajstić information content (AvgIpc) is 3.08. The Morgan fingerprint density at radius 2 is 2.05 bits per heavy atom. The second kappa shape index (κ2) is 5.16. The molecule has 0 saturated heterocycles. The Morgan fingerprint density at radius 1 is 1.29 bits per heavy atom. The summed E-state index contributed by atoms with van der Waals surface area (Å²) in [4.78, 5) is 10.3. The Kier molecular flexibility index (Phi) is 3.19. The van der Waals surface area contributed by atoms with Crippen LogP contribution in [0.25, 0.3) is 11.5 Å². The number of hydrogen-bond donors (Lipinski definition) is 0. The van der Waals surface area contributed by atoms with E-state index in [9.17, 15) is 10.1 Å². The lowest BCUT2D eigenvalue weighted by Crippen LogP contribution is -2.04. The number of nitro groups is 1. The lowest BCUT2D eigenvalue weighted by Gasteiger charge is -1.98. The molecule has 106 valence electrons.